The topological polar surface area (TPSA) is 72.2 Å². The van der Waals surface area contributed by atoms with Crippen molar-refractivity contribution >= 4 is 10.0 Å². The molecule has 1 aromatic carbocycles. The zero-order chi connectivity index (χ0) is 18.5. The van der Waals surface area contributed by atoms with E-state index >= 15 is 0 Å². The first-order valence-corrected chi connectivity index (χ1v) is 10.3. The minimum Gasteiger partial charge on any atom is -0.330 e. The quantitative estimate of drug-likeness (QED) is 0.748. The van der Waals surface area contributed by atoms with Crippen LogP contribution in [0.2, 0.25) is 0 Å². The van der Waals surface area contributed by atoms with Crippen molar-refractivity contribution in [1.29, 1.82) is 0 Å². The molecule has 0 spiro atoms. The SMILES string of the molecule is CC(C)[C@H](CN)CC[C@H](C)NS(=O)(=O)c1ccc(C(C)(C)C)cc1. The van der Waals surface area contributed by atoms with Crippen molar-refractivity contribution in [1.82, 2.24) is 4.72 Å². The number of rotatable bonds is 8. The largest absolute Gasteiger partial charge is 0.330 e. The molecule has 0 aliphatic rings. The fourth-order valence-electron chi connectivity index (χ4n) is 2.71. The smallest absolute Gasteiger partial charge is 0.240 e. The fourth-order valence-corrected chi connectivity index (χ4v) is 3.99. The second-order valence-electron chi connectivity index (χ2n) is 8.11. The maximum Gasteiger partial charge on any atom is 0.240 e. The van der Waals surface area contributed by atoms with Crippen LogP contribution in [0.4, 0.5) is 0 Å². The molecule has 0 bridgehead atoms. The molecule has 1 rings (SSSR count). The van der Waals surface area contributed by atoms with Gasteiger partial charge in [-0.1, -0.05) is 46.8 Å². The van der Waals surface area contributed by atoms with Crippen LogP contribution >= 0.6 is 0 Å². The molecule has 0 saturated heterocycles. The van der Waals surface area contributed by atoms with Crippen molar-refractivity contribution in [3.63, 3.8) is 0 Å². The second kappa shape index (κ2) is 8.45. The minimum absolute atomic E-state index is 0.0110. The van der Waals surface area contributed by atoms with E-state index < -0.39 is 10.0 Å². The standard InChI is InChI=1S/C19H34N2O2S/c1-14(2)16(13-20)8-7-15(3)21-24(22,23)18-11-9-17(10-12-18)19(4,5)6/h9-12,14-16,21H,7-8,13,20H2,1-6H3/t15-,16-/m0/s1. The summed E-state index contributed by atoms with van der Waals surface area (Å²) in [5.41, 5.74) is 6.92. The Kier molecular flexibility index (Phi) is 7.44. The Labute approximate surface area is 148 Å². The molecule has 1 aromatic rings. The van der Waals surface area contributed by atoms with Crippen molar-refractivity contribution in [3.05, 3.63) is 29.8 Å². The highest BCUT2D eigenvalue weighted by Crippen LogP contribution is 2.23. The lowest BCUT2D eigenvalue weighted by molar-refractivity contribution is 0.346. The summed E-state index contributed by atoms with van der Waals surface area (Å²) >= 11 is 0. The van der Waals surface area contributed by atoms with Gasteiger partial charge in [-0.2, -0.15) is 0 Å². The van der Waals surface area contributed by atoms with Crippen LogP contribution in [0.3, 0.4) is 0 Å². The van der Waals surface area contributed by atoms with Crippen molar-refractivity contribution in [3.8, 4) is 0 Å². The van der Waals surface area contributed by atoms with Gasteiger partial charge in [-0.05, 0) is 61.3 Å². The number of benzene rings is 1. The van der Waals surface area contributed by atoms with Gasteiger partial charge in [0, 0.05) is 6.04 Å². The van der Waals surface area contributed by atoms with E-state index in [0.29, 0.717) is 23.3 Å². The summed E-state index contributed by atoms with van der Waals surface area (Å²) < 4.78 is 27.8. The summed E-state index contributed by atoms with van der Waals surface area (Å²) in [4.78, 5) is 0.321. The minimum atomic E-state index is -3.48. The molecule has 5 heteroatoms. The van der Waals surface area contributed by atoms with E-state index in [1.165, 1.54) is 0 Å². The van der Waals surface area contributed by atoms with E-state index in [1.54, 1.807) is 12.1 Å². The molecule has 0 unspecified atom stereocenters. The van der Waals surface area contributed by atoms with Crippen molar-refractivity contribution < 1.29 is 8.42 Å². The number of sulfonamides is 1. The zero-order valence-electron chi connectivity index (χ0n) is 16.0. The molecule has 24 heavy (non-hydrogen) atoms. The van der Waals surface area contributed by atoms with E-state index in [1.807, 2.05) is 19.1 Å². The molecule has 138 valence electrons. The highest BCUT2D eigenvalue weighted by molar-refractivity contribution is 7.89. The third-order valence-corrected chi connectivity index (χ3v) is 6.21. The van der Waals surface area contributed by atoms with Crippen molar-refractivity contribution in [2.24, 2.45) is 17.6 Å². The molecule has 0 heterocycles. The van der Waals surface area contributed by atoms with Crippen molar-refractivity contribution in [2.45, 2.75) is 70.7 Å². The van der Waals surface area contributed by atoms with Crippen LogP contribution in [0.1, 0.15) is 59.9 Å². The predicted octanol–water partition coefficient (Wildman–Crippen LogP) is 3.66. The number of hydrogen-bond acceptors (Lipinski definition) is 3. The van der Waals surface area contributed by atoms with Gasteiger partial charge in [0.2, 0.25) is 10.0 Å². The van der Waals surface area contributed by atoms with Gasteiger partial charge in [0.05, 0.1) is 4.90 Å². The van der Waals surface area contributed by atoms with Crippen LogP contribution in [0.25, 0.3) is 0 Å². The lowest BCUT2D eigenvalue weighted by Gasteiger charge is -2.22. The van der Waals surface area contributed by atoms with Gasteiger partial charge >= 0.3 is 0 Å². The molecule has 0 saturated carbocycles. The number of hydrogen-bond donors (Lipinski definition) is 2. The summed E-state index contributed by atoms with van der Waals surface area (Å²) in [5.74, 6) is 0.951. The zero-order valence-corrected chi connectivity index (χ0v) is 16.8. The van der Waals surface area contributed by atoms with E-state index in [0.717, 1.165) is 18.4 Å². The Morgan fingerprint density at radius 3 is 2.00 bits per heavy atom. The average molecular weight is 355 g/mol. The van der Waals surface area contributed by atoms with E-state index in [9.17, 15) is 8.42 Å². The first-order valence-electron chi connectivity index (χ1n) is 8.80. The van der Waals surface area contributed by atoms with Crippen LogP contribution < -0.4 is 10.5 Å². The van der Waals surface area contributed by atoms with E-state index in [4.69, 9.17) is 5.73 Å². The molecular formula is C19H34N2O2S. The summed E-state index contributed by atoms with van der Waals surface area (Å²) in [5, 5.41) is 0. The van der Waals surface area contributed by atoms with Gasteiger partial charge in [0.15, 0.2) is 0 Å². The highest BCUT2D eigenvalue weighted by atomic mass is 32.2. The Bertz CT molecular complexity index is 601. The molecule has 0 radical (unpaired) electrons. The van der Waals surface area contributed by atoms with Gasteiger partial charge in [-0.3, -0.25) is 0 Å². The lowest BCUT2D eigenvalue weighted by Crippen LogP contribution is -2.33. The number of nitrogens with one attached hydrogen (secondary N) is 1. The number of nitrogens with two attached hydrogens (primary N) is 1. The Hall–Kier alpha value is -0.910. The average Bonchev–Trinajstić information content (AvgIpc) is 2.46. The maximum absolute atomic E-state index is 12.5. The second-order valence-corrected chi connectivity index (χ2v) is 9.83. The molecule has 2 atom stereocenters. The molecule has 3 N–H and O–H groups in total. The Morgan fingerprint density at radius 2 is 1.58 bits per heavy atom. The molecule has 0 aliphatic heterocycles. The summed E-state index contributed by atoms with van der Waals surface area (Å²) in [7, 11) is -3.48. The van der Waals surface area contributed by atoms with Crippen LogP contribution in [0.5, 0.6) is 0 Å². The molecule has 0 fully saturated rings. The predicted molar refractivity (Wildman–Crippen MR) is 102 cm³/mol. The summed E-state index contributed by atoms with van der Waals surface area (Å²) in [6, 6.07) is 7.05. The third-order valence-electron chi connectivity index (χ3n) is 4.60. The van der Waals surface area contributed by atoms with Crippen LogP contribution in [-0.4, -0.2) is 21.0 Å². The summed E-state index contributed by atoms with van der Waals surface area (Å²) in [6.07, 6.45) is 1.72. The molecule has 0 aliphatic carbocycles. The Balaban J connectivity index is 2.72. The van der Waals surface area contributed by atoms with Crippen LogP contribution in [0, 0.1) is 11.8 Å². The Morgan fingerprint density at radius 1 is 1.04 bits per heavy atom. The van der Waals surface area contributed by atoms with Gasteiger partial charge < -0.3 is 5.73 Å². The highest BCUT2D eigenvalue weighted by Gasteiger charge is 2.20. The van der Waals surface area contributed by atoms with Crippen molar-refractivity contribution in [2.75, 3.05) is 6.54 Å². The van der Waals surface area contributed by atoms with Crippen LogP contribution in [-0.2, 0) is 15.4 Å². The van der Waals surface area contributed by atoms with E-state index in [2.05, 4.69) is 39.3 Å². The third kappa shape index (κ3) is 6.19. The maximum atomic E-state index is 12.5. The van der Waals surface area contributed by atoms with Gasteiger partial charge in [0.1, 0.15) is 0 Å². The molecule has 4 nitrogen and oxygen atoms in total. The molecule has 0 aromatic heterocycles. The monoisotopic (exact) mass is 354 g/mol. The molecular weight excluding hydrogens is 320 g/mol. The van der Waals surface area contributed by atoms with Gasteiger partial charge in [-0.25, -0.2) is 13.1 Å². The normalized spacial score (nSPS) is 15.5. The van der Waals surface area contributed by atoms with Gasteiger partial charge in [-0.15, -0.1) is 0 Å². The van der Waals surface area contributed by atoms with E-state index in [-0.39, 0.29) is 11.5 Å². The fraction of sp³-hybridized carbons (Fsp3) is 0.684. The first kappa shape index (κ1) is 21.1. The summed E-state index contributed by atoms with van der Waals surface area (Å²) in [6.45, 7) is 13.2. The molecule has 0 amide bonds. The van der Waals surface area contributed by atoms with Crippen LogP contribution in [0.15, 0.2) is 29.2 Å². The first-order chi connectivity index (χ1) is 11.0. The van der Waals surface area contributed by atoms with Gasteiger partial charge in [0.25, 0.3) is 0 Å². The lowest BCUT2D eigenvalue weighted by atomic mass is 9.87.